The monoisotopic (exact) mass is 376 g/mol. The smallest absolute Gasteiger partial charge is 0.302 e. The Bertz CT molecular complexity index is 711. The van der Waals surface area contributed by atoms with Gasteiger partial charge in [-0.05, 0) is 54.9 Å². The molecule has 4 saturated carbocycles. The van der Waals surface area contributed by atoms with Crippen LogP contribution in [-0.4, -0.2) is 40.3 Å². The first kappa shape index (κ1) is 19.1. The number of carbonyl (C=O) groups is 2. The summed E-state index contributed by atoms with van der Waals surface area (Å²) in [7, 11) is 0. The van der Waals surface area contributed by atoms with Crippen LogP contribution in [0.15, 0.2) is 12.2 Å². The molecular weight excluding hydrogens is 344 g/mol. The van der Waals surface area contributed by atoms with E-state index in [1.807, 2.05) is 0 Å². The van der Waals surface area contributed by atoms with Gasteiger partial charge in [-0.2, -0.15) is 0 Å². The lowest BCUT2D eigenvalue weighted by molar-refractivity contribution is -0.241. The van der Waals surface area contributed by atoms with Gasteiger partial charge in [0.25, 0.3) is 0 Å². The Morgan fingerprint density at radius 3 is 2.52 bits per heavy atom. The number of ether oxygens (including phenoxy) is 1. The number of carbonyl (C=O) groups excluding carboxylic acids is 2. The van der Waals surface area contributed by atoms with Gasteiger partial charge in [0, 0.05) is 18.3 Å². The van der Waals surface area contributed by atoms with Crippen LogP contribution in [0.3, 0.4) is 0 Å². The van der Waals surface area contributed by atoms with E-state index >= 15 is 0 Å². The maximum absolute atomic E-state index is 13.2. The molecule has 27 heavy (non-hydrogen) atoms. The highest BCUT2D eigenvalue weighted by Crippen LogP contribution is 2.71. The molecule has 4 fully saturated rings. The van der Waals surface area contributed by atoms with Crippen molar-refractivity contribution in [3.8, 4) is 0 Å². The summed E-state index contributed by atoms with van der Waals surface area (Å²) in [5.74, 6) is -0.543. The molecule has 1 spiro atoms. The number of rotatable bonds is 1. The first-order chi connectivity index (χ1) is 12.5. The number of hydrogen-bond acceptors (Lipinski definition) is 5. The molecular formula is C22H32O5. The molecule has 0 aromatic heterocycles. The van der Waals surface area contributed by atoms with Crippen LogP contribution in [0.5, 0.6) is 0 Å². The molecule has 5 heteroatoms. The van der Waals surface area contributed by atoms with Crippen LogP contribution in [0.4, 0.5) is 0 Å². The molecule has 4 aliphatic carbocycles. The Morgan fingerprint density at radius 1 is 1.22 bits per heavy atom. The summed E-state index contributed by atoms with van der Waals surface area (Å²) in [4.78, 5) is 24.8. The van der Waals surface area contributed by atoms with Gasteiger partial charge in [-0.15, -0.1) is 0 Å². The van der Waals surface area contributed by atoms with Crippen LogP contribution < -0.4 is 0 Å². The van der Waals surface area contributed by atoms with E-state index in [4.69, 9.17) is 4.74 Å². The number of fused-ring (bicyclic) bond motifs is 3. The predicted octanol–water partition coefficient (Wildman–Crippen LogP) is 2.64. The predicted molar refractivity (Wildman–Crippen MR) is 99.6 cm³/mol. The zero-order valence-electron chi connectivity index (χ0n) is 16.8. The molecule has 4 rings (SSSR count). The van der Waals surface area contributed by atoms with Crippen LogP contribution >= 0.6 is 0 Å². The highest BCUT2D eigenvalue weighted by Gasteiger charge is 2.73. The standard InChI is InChI=1S/C22H32O5/c1-11-13-8-14(24)18-21(5)7-6-17(27-12(2)23)20(3,4)15(21)9-16(25)22(18,10-13)19(11)26/h13-18,24-25H,1,6-10H2,2-5H3. The van der Waals surface area contributed by atoms with E-state index in [1.54, 1.807) is 0 Å². The minimum Gasteiger partial charge on any atom is -0.462 e. The third kappa shape index (κ3) is 2.24. The van der Waals surface area contributed by atoms with Gasteiger partial charge in [-0.25, -0.2) is 0 Å². The molecule has 0 heterocycles. The zero-order chi connectivity index (χ0) is 19.9. The van der Waals surface area contributed by atoms with Gasteiger partial charge in [0.1, 0.15) is 6.10 Å². The van der Waals surface area contributed by atoms with Gasteiger partial charge in [-0.3, -0.25) is 9.59 Å². The summed E-state index contributed by atoms with van der Waals surface area (Å²) in [6, 6.07) is 0. The Hall–Kier alpha value is -1.20. The molecule has 0 aromatic rings. The quantitative estimate of drug-likeness (QED) is 0.543. The highest BCUT2D eigenvalue weighted by atomic mass is 16.5. The Morgan fingerprint density at radius 2 is 1.89 bits per heavy atom. The van der Waals surface area contributed by atoms with Crippen molar-refractivity contribution in [3.63, 3.8) is 0 Å². The Labute approximate surface area is 161 Å². The number of aliphatic hydroxyl groups is 2. The van der Waals surface area contributed by atoms with E-state index in [1.165, 1.54) is 6.92 Å². The fourth-order valence-corrected chi connectivity index (χ4v) is 7.75. The average Bonchev–Trinajstić information content (AvgIpc) is 2.75. The molecule has 2 bridgehead atoms. The molecule has 5 nitrogen and oxygen atoms in total. The maximum Gasteiger partial charge on any atom is 0.302 e. The second kappa shape index (κ2) is 5.66. The normalized spacial score (nSPS) is 50.7. The number of aliphatic hydroxyl groups excluding tert-OH is 2. The molecule has 0 amide bonds. The second-order valence-electron chi connectivity index (χ2n) is 10.3. The Kier molecular flexibility index (Phi) is 4.01. The largest absolute Gasteiger partial charge is 0.462 e. The fourth-order valence-electron chi connectivity index (χ4n) is 7.75. The van der Waals surface area contributed by atoms with E-state index in [0.29, 0.717) is 31.3 Å². The van der Waals surface area contributed by atoms with Gasteiger partial charge in [0.15, 0.2) is 5.78 Å². The van der Waals surface area contributed by atoms with Gasteiger partial charge >= 0.3 is 5.97 Å². The summed E-state index contributed by atoms with van der Waals surface area (Å²) in [5.41, 5.74) is -0.930. The van der Waals surface area contributed by atoms with Crippen molar-refractivity contribution < 1.29 is 24.5 Å². The van der Waals surface area contributed by atoms with Crippen molar-refractivity contribution >= 4 is 11.8 Å². The molecule has 0 aromatic carbocycles. The summed E-state index contributed by atoms with van der Waals surface area (Å²) < 4.78 is 5.63. The topological polar surface area (TPSA) is 83.8 Å². The van der Waals surface area contributed by atoms with E-state index in [0.717, 1.165) is 6.42 Å². The lowest BCUT2D eigenvalue weighted by Crippen LogP contribution is -2.68. The van der Waals surface area contributed by atoms with E-state index in [-0.39, 0.29) is 46.4 Å². The van der Waals surface area contributed by atoms with Crippen LogP contribution in [0.2, 0.25) is 0 Å². The van der Waals surface area contributed by atoms with E-state index < -0.39 is 17.6 Å². The fraction of sp³-hybridized carbons (Fsp3) is 0.818. The SMILES string of the molecule is C=C1C(=O)C23CC1CC(O)C2C1(C)CCC(OC(C)=O)C(C)(C)C1CC3O. The summed E-state index contributed by atoms with van der Waals surface area (Å²) >= 11 is 0. The van der Waals surface area contributed by atoms with Gasteiger partial charge in [0.05, 0.1) is 17.6 Å². The van der Waals surface area contributed by atoms with Gasteiger partial charge < -0.3 is 14.9 Å². The number of ketones is 1. The van der Waals surface area contributed by atoms with Crippen molar-refractivity contribution in [3.05, 3.63) is 12.2 Å². The van der Waals surface area contributed by atoms with Gasteiger partial charge in [0.2, 0.25) is 0 Å². The molecule has 4 aliphatic rings. The lowest BCUT2D eigenvalue weighted by Gasteiger charge is -2.66. The van der Waals surface area contributed by atoms with Crippen LogP contribution in [0, 0.1) is 34.0 Å². The third-order valence-corrected chi connectivity index (χ3v) is 8.80. The molecule has 0 aliphatic heterocycles. The van der Waals surface area contributed by atoms with Crippen molar-refractivity contribution in [1.82, 2.24) is 0 Å². The van der Waals surface area contributed by atoms with Crippen LogP contribution in [0.25, 0.3) is 0 Å². The molecule has 2 N–H and O–H groups in total. The minimum atomic E-state index is -0.894. The average molecular weight is 376 g/mol. The minimum absolute atomic E-state index is 0.0102. The van der Waals surface area contributed by atoms with Crippen molar-refractivity contribution in [2.45, 2.75) is 78.1 Å². The number of esters is 1. The zero-order valence-corrected chi connectivity index (χ0v) is 16.8. The lowest BCUT2D eigenvalue weighted by atomic mass is 9.39. The van der Waals surface area contributed by atoms with Crippen molar-refractivity contribution in [2.24, 2.45) is 34.0 Å². The molecule has 0 radical (unpaired) electrons. The molecule has 0 saturated heterocycles. The molecule has 8 atom stereocenters. The first-order valence-corrected chi connectivity index (χ1v) is 10.2. The highest BCUT2D eigenvalue weighted by molar-refractivity contribution is 6.03. The Balaban J connectivity index is 1.79. The number of allylic oxidation sites excluding steroid dienone is 1. The van der Waals surface area contributed by atoms with E-state index in [2.05, 4.69) is 27.4 Å². The first-order valence-electron chi connectivity index (χ1n) is 10.2. The van der Waals surface area contributed by atoms with Crippen LogP contribution in [0.1, 0.15) is 59.8 Å². The van der Waals surface area contributed by atoms with E-state index in [9.17, 15) is 19.8 Å². The van der Waals surface area contributed by atoms with Crippen LogP contribution in [-0.2, 0) is 14.3 Å². The maximum atomic E-state index is 13.2. The third-order valence-electron chi connectivity index (χ3n) is 8.80. The van der Waals surface area contributed by atoms with Crippen molar-refractivity contribution in [2.75, 3.05) is 0 Å². The molecule has 8 unspecified atom stereocenters. The number of hydrogen-bond donors (Lipinski definition) is 2. The summed E-state index contributed by atoms with van der Waals surface area (Å²) in [6.45, 7) is 11.8. The van der Waals surface area contributed by atoms with Crippen molar-refractivity contribution in [1.29, 1.82) is 0 Å². The molecule has 150 valence electrons. The number of Topliss-reactive ketones (excluding diaryl/α,β-unsaturated/α-hetero) is 1. The summed E-state index contributed by atoms with van der Waals surface area (Å²) in [6.07, 6.45) is 1.54. The second-order valence-corrected chi connectivity index (χ2v) is 10.3. The van der Waals surface area contributed by atoms with Gasteiger partial charge in [-0.1, -0.05) is 27.4 Å². The summed E-state index contributed by atoms with van der Waals surface area (Å²) in [5, 5.41) is 22.4.